The maximum absolute atomic E-state index is 13.5. The average molecular weight is 338 g/mol. The topological polar surface area (TPSA) is 67.2 Å². The molecule has 0 atom stereocenters. The highest BCUT2D eigenvalue weighted by atomic mass is 79.9. The maximum Gasteiger partial charge on any atom is 0.257 e. The van der Waals surface area contributed by atoms with Gasteiger partial charge in [-0.15, -0.1) is 0 Å². The molecule has 0 aliphatic rings. The number of nitrogen functional groups attached to an aromatic ring is 1. The lowest BCUT2D eigenvalue weighted by Gasteiger charge is -2.11. The van der Waals surface area contributed by atoms with Crippen LogP contribution in [0.25, 0.3) is 0 Å². The normalized spacial score (nSPS) is 10.2. The Morgan fingerprint density at radius 3 is 2.70 bits per heavy atom. The second-order valence-corrected chi connectivity index (χ2v) is 5.08. The van der Waals surface area contributed by atoms with Crippen LogP contribution in [0.1, 0.15) is 15.9 Å². The van der Waals surface area contributed by atoms with Gasteiger partial charge in [0.15, 0.2) is 0 Å². The van der Waals surface area contributed by atoms with E-state index in [9.17, 15) is 9.18 Å². The van der Waals surface area contributed by atoms with Crippen molar-refractivity contribution in [1.29, 1.82) is 0 Å². The molecule has 2 rings (SSSR count). The van der Waals surface area contributed by atoms with Gasteiger partial charge in [-0.3, -0.25) is 10.6 Å². The zero-order valence-corrected chi connectivity index (χ0v) is 12.3. The van der Waals surface area contributed by atoms with E-state index in [2.05, 4.69) is 26.7 Å². The number of hydrogen-bond donors (Lipinski definition) is 3. The van der Waals surface area contributed by atoms with E-state index in [-0.39, 0.29) is 11.3 Å². The number of benzene rings is 2. The van der Waals surface area contributed by atoms with Gasteiger partial charge in [-0.2, -0.15) is 0 Å². The number of para-hydroxylation sites is 1. The number of carbonyl (C=O) groups excluding carboxylic acids is 1. The van der Waals surface area contributed by atoms with Crippen LogP contribution in [-0.4, -0.2) is 5.91 Å². The molecular formula is C14H13BrFN3O. The van der Waals surface area contributed by atoms with E-state index in [1.54, 1.807) is 6.07 Å². The average Bonchev–Trinajstić information content (AvgIpc) is 2.42. The van der Waals surface area contributed by atoms with Gasteiger partial charge < -0.3 is 10.7 Å². The molecule has 0 fully saturated rings. The summed E-state index contributed by atoms with van der Waals surface area (Å²) in [7, 11) is 0. The van der Waals surface area contributed by atoms with Gasteiger partial charge in [0, 0.05) is 10.2 Å². The van der Waals surface area contributed by atoms with E-state index in [0.29, 0.717) is 5.69 Å². The van der Waals surface area contributed by atoms with Crippen LogP contribution in [0.3, 0.4) is 0 Å². The molecule has 0 saturated carbocycles. The Morgan fingerprint density at radius 1 is 1.30 bits per heavy atom. The Bertz CT molecular complexity index is 661. The molecule has 0 saturated heterocycles. The Morgan fingerprint density at radius 2 is 2.05 bits per heavy atom. The second kappa shape index (κ2) is 6.02. The number of anilines is 2. The molecule has 0 bridgehead atoms. The van der Waals surface area contributed by atoms with Crippen LogP contribution in [0.15, 0.2) is 40.9 Å². The zero-order chi connectivity index (χ0) is 14.7. The summed E-state index contributed by atoms with van der Waals surface area (Å²) in [6, 6.07) is 9.59. The van der Waals surface area contributed by atoms with Crippen LogP contribution < -0.4 is 16.6 Å². The molecule has 0 aliphatic heterocycles. The predicted octanol–water partition coefficient (Wildman–Crippen LogP) is 3.43. The number of amides is 1. The first-order chi connectivity index (χ1) is 9.52. The second-order valence-electron chi connectivity index (χ2n) is 4.22. The van der Waals surface area contributed by atoms with Crippen LogP contribution in [0.5, 0.6) is 0 Å². The summed E-state index contributed by atoms with van der Waals surface area (Å²) in [5, 5.41) is 2.71. The van der Waals surface area contributed by atoms with Crippen LogP contribution in [-0.2, 0) is 0 Å². The number of hydrogen-bond acceptors (Lipinski definition) is 3. The highest BCUT2D eigenvalue weighted by Crippen LogP contribution is 2.23. The molecule has 2 aromatic carbocycles. The van der Waals surface area contributed by atoms with Gasteiger partial charge >= 0.3 is 0 Å². The highest BCUT2D eigenvalue weighted by molar-refractivity contribution is 9.10. The minimum absolute atomic E-state index is 0.0289. The highest BCUT2D eigenvalue weighted by Gasteiger charge is 2.14. The van der Waals surface area contributed by atoms with Gasteiger partial charge in [0.2, 0.25) is 0 Å². The van der Waals surface area contributed by atoms with E-state index in [1.807, 2.05) is 19.1 Å². The number of aryl methyl sites for hydroxylation is 1. The smallest absolute Gasteiger partial charge is 0.257 e. The van der Waals surface area contributed by atoms with Gasteiger partial charge in [0.05, 0.1) is 11.3 Å². The van der Waals surface area contributed by atoms with Crippen LogP contribution in [0, 0.1) is 12.7 Å². The third-order valence-electron chi connectivity index (χ3n) is 2.82. The van der Waals surface area contributed by atoms with Crippen molar-refractivity contribution >= 4 is 33.2 Å². The fraction of sp³-hybridized carbons (Fsp3) is 0.0714. The predicted molar refractivity (Wildman–Crippen MR) is 81.0 cm³/mol. The molecule has 2 aromatic rings. The van der Waals surface area contributed by atoms with Crippen molar-refractivity contribution in [3.05, 3.63) is 57.8 Å². The molecule has 4 N–H and O–H groups in total. The summed E-state index contributed by atoms with van der Waals surface area (Å²) in [6.45, 7) is 1.91. The van der Waals surface area contributed by atoms with E-state index in [0.717, 1.165) is 10.0 Å². The van der Waals surface area contributed by atoms with E-state index < -0.39 is 11.7 Å². The van der Waals surface area contributed by atoms with Crippen molar-refractivity contribution in [3.8, 4) is 0 Å². The first kappa shape index (κ1) is 14.5. The molecule has 20 heavy (non-hydrogen) atoms. The summed E-state index contributed by atoms with van der Waals surface area (Å²) >= 11 is 3.38. The van der Waals surface area contributed by atoms with Crippen molar-refractivity contribution in [1.82, 2.24) is 0 Å². The maximum atomic E-state index is 13.5. The van der Waals surface area contributed by atoms with Gasteiger partial charge in [-0.25, -0.2) is 4.39 Å². The number of hydrazine groups is 1. The van der Waals surface area contributed by atoms with Crippen molar-refractivity contribution in [2.45, 2.75) is 6.92 Å². The SMILES string of the molecule is Cc1cc(NC(=O)c2cccc(F)c2NN)ccc1Br. The molecule has 0 unspecified atom stereocenters. The Labute approximate surface area is 124 Å². The largest absolute Gasteiger partial charge is 0.322 e. The van der Waals surface area contributed by atoms with Crippen molar-refractivity contribution < 1.29 is 9.18 Å². The van der Waals surface area contributed by atoms with E-state index >= 15 is 0 Å². The van der Waals surface area contributed by atoms with Crippen molar-refractivity contribution in [2.75, 3.05) is 10.7 Å². The van der Waals surface area contributed by atoms with Gasteiger partial charge in [-0.1, -0.05) is 22.0 Å². The molecule has 6 heteroatoms. The molecule has 4 nitrogen and oxygen atoms in total. The molecular weight excluding hydrogens is 325 g/mol. The number of carbonyl (C=O) groups is 1. The Hall–Kier alpha value is -1.92. The fourth-order valence-electron chi connectivity index (χ4n) is 1.78. The van der Waals surface area contributed by atoms with Gasteiger partial charge in [-0.05, 0) is 42.8 Å². The Balaban J connectivity index is 2.28. The summed E-state index contributed by atoms with van der Waals surface area (Å²) in [4.78, 5) is 12.2. The molecule has 0 radical (unpaired) electrons. The quantitative estimate of drug-likeness (QED) is 0.593. The first-order valence-corrected chi connectivity index (χ1v) is 6.65. The minimum Gasteiger partial charge on any atom is -0.322 e. The molecule has 0 spiro atoms. The lowest BCUT2D eigenvalue weighted by atomic mass is 10.1. The van der Waals surface area contributed by atoms with Crippen molar-refractivity contribution in [3.63, 3.8) is 0 Å². The lowest BCUT2D eigenvalue weighted by Crippen LogP contribution is -2.18. The monoisotopic (exact) mass is 337 g/mol. The number of nitrogens with two attached hydrogens (primary N) is 1. The van der Waals surface area contributed by atoms with Crippen molar-refractivity contribution in [2.24, 2.45) is 5.84 Å². The zero-order valence-electron chi connectivity index (χ0n) is 10.7. The molecule has 0 aliphatic carbocycles. The van der Waals surface area contributed by atoms with Crippen LogP contribution >= 0.6 is 15.9 Å². The molecule has 1 amide bonds. The lowest BCUT2D eigenvalue weighted by molar-refractivity contribution is 0.102. The Kier molecular flexibility index (Phi) is 4.36. The molecule has 0 aromatic heterocycles. The number of halogens is 2. The van der Waals surface area contributed by atoms with Gasteiger partial charge in [0.25, 0.3) is 5.91 Å². The van der Waals surface area contributed by atoms with E-state index in [1.165, 1.54) is 18.2 Å². The number of rotatable bonds is 3. The number of nitrogens with one attached hydrogen (secondary N) is 2. The summed E-state index contributed by atoms with van der Waals surface area (Å²) in [5.74, 6) is 4.24. The summed E-state index contributed by atoms with van der Waals surface area (Å²) < 4.78 is 14.5. The first-order valence-electron chi connectivity index (χ1n) is 5.85. The van der Waals surface area contributed by atoms with E-state index in [4.69, 9.17) is 5.84 Å². The molecule has 0 heterocycles. The third kappa shape index (κ3) is 2.97. The standard InChI is InChI=1S/C14H13BrFN3O/c1-8-7-9(5-6-11(8)15)18-14(20)10-3-2-4-12(16)13(10)19-17/h2-7,19H,17H2,1H3,(H,18,20). The van der Waals surface area contributed by atoms with Crippen LogP contribution in [0.2, 0.25) is 0 Å². The molecule has 104 valence electrons. The fourth-order valence-corrected chi connectivity index (χ4v) is 2.03. The minimum atomic E-state index is -0.577. The van der Waals surface area contributed by atoms with Gasteiger partial charge in [0.1, 0.15) is 5.82 Å². The third-order valence-corrected chi connectivity index (χ3v) is 3.71. The summed E-state index contributed by atoms with van der Waals surface area (Å²) in [6.07, 6.45) is 0. The summed E-state index contributed by atoms with van der Waals surface area (Å²) in [5.41, 5.74) is 3.94. The van der Waals surface area contributed by atoms with Crippen LogP contribution in [0.4, 0.5) is 15.8 Å².